The number of hydrogen-bond donors (Lipinski definition) is 1. The summed E-state index contributed by atoms with van der Waals surface area (Å²) in [5, 5.41) is 13.6. The van der Waals surface area contributed by atoms with E-state index in [-0.39, 0.29) is 0 Å². The Balaban J connectivity index is 1.64. The largest absolute Gasteiger partial charge is 0.327 e. The molecule has 2 heterocycles. The van der Waals surface area contributed by atoms with Gasteiger partial charge in [-0.05, 0) is 23.8 Å². The Morgan fingerprint density at radius 3 is 2.71 bits per heavy atom. The number of nitrogens with zero attached hydrogens (tertiary/aromatic N) is 5. The van der Waals surface area contributed by atoms with Crippen molar-refractivity contribution in [1.29, 1.82) is 0 Å². The zero-order chi connectivity index (χ0) is 16.5. The molecule has 118 valence electrons. The Morgan fingerprint density at radius 2 is 1.88 bits per heavy atom. The maximum absolute atomic E-state index is 4.51. The maximum atomic E-state index is 4.51. The fourth-order valence-corrected chi connectivity index (χ4v) is 2.83. The van der Waals surface area contributed by atoms with Crippen LogP contribution in [0.3, 0.4) is 0 Å². The Kier molecular flexibility index (Phi) is 3.70. The highest BCUT2D eigenvalue weighted by atomic mass is 79.9. The number of nitrogens with one attached hydrogen (secondary N) is 1. The van der Waals surface area contributed by atoms with Crippen LogP contribution in [0.2, 0.25) is 0 Å². The third-order valence-electron chi connectivity index (χ3n) is 3.75. The summed E-state index contributed by atoms with van der Waals surface area (Å²) in [6, 6.07) is 15.9. The molecule has 0 bridgehead atoms. The second-order valence-corrected chi connectivity index (χ2v) is 6.22. The van der Waals surface area contributed by atoms with E-state index in [4.69, 9.17) is 0 Å². The third-order valence-corrected chi connectivity index (χ3v) is 4.28. The molecule has 0 radical (unpaired) electrons. The first-order valence-electron chi connectivity index (χ1n) is 7.35. The van der Waals surface area contributed by atoms with Crippen molar-refractivity contribution in [2.75, 3.05) is 5.43 Å². The van der Waals surface area contributed by atoms with E-state index in [2.05, 4.69) is 41.6 Å². The van der Waals surface area contributed by atoms with Gasteiger partial charge in [0, 0.05) is 16.9 Å². The van der Waals surface area contributed by atoms with Crippen LogP contribution in [0.15, 0.2) is 58.1 Å². The van der Waals surface area contributed by atoms with Gasteiger partial charge in [-0.15, -0.1) is 10.2 Å². The summed E-state index contributed by atoms with van der Waals surface area (Å²) in [6.07, 6.45) is 1.71. The standard InChI is InChI=1S/C17H13BrN6/c1-24-14-5-3-2-4-13(14)15-16(24)20-17(23-21-15)22-19-10-11-6-8-12(18)9-7-11/h2-10H,1H3,(H,20,22,23)/b19-10+. The number of anilines is 1. The van der Waals surface area contributed by atoms with Crippen LogP contribution in [-0.2, 0) is 7.05 Å². The molecule has 2 aromatic heterocycles. The minimum Gasteiger partial charge on any atom is -0.327 e. The molecule has 0 aliphatic carbocycles. The van der Waals surface area contributed by atoms with E-state index >= 15 is 0 Å². The van der Waals surface area contributed by atoms with E-state index in [0.717, 1.165) is 32.1 Å². The molecular weight excluding hydrogens is 368 g/mol. The van der Waals surface area contributed by atoms with Crippen molar-refractivity contribution in [3.63, 3.8) is 0 Å². The number of fused-ring (bicyclic) bond motifs is 3. The first-order chi connectivity index (χ1) is 11.7. The molecule has 7 heteroatoms. The van der Waals surface area contributed by atoms with Crippen molar-refractivity contribution >= 4 is 50.2 Å². The summed E-state index contributed by atoms with van der Waals surface area (Å²) >= 11 is 3.40. The lowest BCUT2D eigenvalue weighted by atomic mass is 10.2. The van der Waals surface area contributed by atoms with Crippen molar-refractivity contribution in [3.05, 3.63) is 58.6 Å². The molecule has 0 fully saturated rings. The lowest BCUT2D eigenvalue weighted by molar-refractivity contribution is 0.949. The van der Waals surface area contributed by atoms with Gasteiger partial charge in [-0.1, -0.05) is 46.3 Å². The predicted octanol–water partition coefficient (Wildman–Crippen LogP) is 3.73. The summed E-state index contributed by atoms with van der Waals surface area (Å²) < 4.78 is 3.03. The highest BCUT2D eigenvalue weighted by molar-refractivity contribution is 9.10. The molecule has 1 N–H and O–H groups in total. The SMILES string of the molecule is Cn1c2ccccc2c2nnc(N/N=C/c3ccc(Br)cc3)nc21. The van der Waals surface area contributed by atoms with Gasteiger partial charge in [-0.2, -0.15) is 10.1 Å². The van der Waals surface area contributed by atoms with Crippen LogP contribution in [0.5, 0.6) is 0 Å². The Labute approximate surface area is 146 Å². The normalized spacial score (nSPS) is 11.6. The van der Waals surface area contributed by atoms with Gasteiger partial charge in [0.15, 0.2) is 5.65 Å². The van der Waals surface area contributed by atoms with Crippen LogP contribution in [0.25, 0.3) is 22.1 Å². The quantitative estimate of drug-likeness (QED) is 0.434. The molecule has 24 heavy (non-hydrogen) atoms. The number of halogens is 1. The zero-order valence-corrected chi connectivity index (χ0v) is 14.4. The van der Waals surface area contributed by atoms with E-state index in [1.54, 1.807) is 6.21 Å². The number of hydrazone groups is 1. The average Bonchev–Trinajstić information content (AvgIpc) is 2.90. The van der Waals surface area contributed by atoms with Gasteiger partial charge in [-0.25, -0.2) is 5.43 Å². The number of aromatic nitrogens is 4. The van der Waals surface area contributed by atoms with E-state index in [9.17, 15) is 0 Å². The molecule has 0 amide bonds. The monoisotopic (exact) mass is 380 g/mol. The first kappa shape index (κ1) is 14.8. The van der Waals surface area contributed by atoms with Crippen LogP contribution in [0.1, 0.15) is 5.56 Å². The van der Waals surface area contributed by atoms with Crippen LogP contribution in [0, 0.1) is 0 Å². The number of benzene rings is 2. The van der Waals surface area contributed by atoms with Gasteiger partial charge in [0.1, 0.15) is 5.52 Å². The van der Waals surface area contributed by atoms with Crippen molar-refractivity contribution in [3.8, 4) is 0 Å². The molecule has 0 spiro atoms. The second kappa shape index (κ2) is 6.01. The predicted molar refractivity (Wildman–Crippen MR) is 99.2 cm³/mol. The summed E-state index contributed by atoms with van der Waals surface area (Å²) in [5.41, 5.74) is 6.44. The fourth-order valence-electron chi connectivity index (χ4n) is 2.57. The Hall–Kier alpha value is -2.80. The topological polar surface area (TPSA) is 68.0 Å². The van der Waals surface area contributed by atoms with Gasteiger partial charge < -0.3 is 4.57 Å². The number of hydrogen-bond acceptors (Lipinski definition) is 5. The molecule has 0 atom stereocenters. The van der Waals surface area contributed by atoms with E-state index in [1.165, 1.54) is 0 Å². The van der Waals surface area contributed by atoms with Crippen molar-refractivity contribution in [2.24, 2.45) is 12.1 Å². The Morgan fingerprint density at radius 1 is 1.08 bits per heavy atom. The van der Waals surface area contributed by atoms with Gasteiger partial charge in [0.05, 0.1) is 11.7 Å². The van der Waals surface area contributed by atoms with Crippen molar-refractivity contribution in [1.82, 2.24) is 19.7 Å². The number of aryl methyl sites for hydroxylation is 1. The van der Waals surface area contributed by atoms with Crippen molar-refractivity contribution < 1.29 is 0 Å². The summed E-state index contributed by atoms with van der Waals surface area (Å²) in [4.78, 5) is 4.51. The zero-order valence-electron chi connectivity index (χ0n) is 12.8. The molecule has 4 aromatic rings. The molecule has 0 unspecified atom stereocenters. The molecule has 6 nitrogen and oxygen atoms in total. The lowest BCUT2D eigenvalue weighted by Crippen LogP contribution is -2.00. The highest BCUT2D eigenvalue weighted by Gasteiger charge is 2.11. The first-order valence-corrected chi connectivity index (χ1v) is 8.14. The molecule has 0 aliphatic heterocycles. The summed E-state index contributed by atoms with van der Waals surface area (Å²) in [6.45, 7) is 0. The van der Waals surface area contributed by atoms with Crippen LogP contribution < -0.4 is 5.43 Å². The van der Waals surface area contributed by atoms with Crippen LogP contribution >= 0.6 is 15.9 Å². The number of para-hydroxylation sites is 1. The average molecular weight is 381 g/mol. The molecule has 0 saturated carbocycles. The van der Waals surface area contributed by atoms with E-state index in [1.807, 2.05) is 60.1 Å². The van der Waals surface area contributed by atoms with Gasteiger partial charge in [-0.3, -0.25) is 0 Å². The van der Waals surface area contributed by atoms with Crippen LogP contribution in [0.4, 0.5) is 5.95 Å². The van der Waals surface area contributed by atoms with Gasteiger partial charge in [0.25, 0.3) is 5.95 Å². The maximum Gasteiger partial charge on any atom is 0.265 e. The fraction of sp³-hybridized carbons (Fsp3) is 0.0588. The summed E-state index contributed by atoms with van der Waals surface area (Å²) in [7, 11) is 1.97. The lowest BCUT2D eigenvalue weighted by Gasteiger charge is -1.99. The third kappa shape index (κ3) is 2.63. The second-order valence-electron chi connectivity index (χ2n) is 5.31. The van der Waals surface area contributed by atoms with E-state index in [0.29, 0.717) is 5.95 Å². The van der Waals surface area contributed by atoms with Crippen LogP contribution in [-0.4, -0.2) is 26.0 Å². The minimum atomic E-state index is 0.363. The molecule has 0 saturated heterocycles. The van der Waals surface area contributed by atoms with E-state index < -0.39 is 0 Å². The molecule has 0 aliphatic rings. The Bertz CT molecular complexity index is 1050. The highest BCUT2D eigenvalue weighted by Crippen LogP contribution is 2.24. The molecule has 4 rings (SSSR count). The van der Waals surface area contributed by atoms with Gasteiger partial charge >= 0.3 is 0 Å². The smallest absolute Gasteiger partial charge is 0.265 e. The minimum absolute atomic E-state index is 0.363. The number of rotatable bonds is 3. The summed E-state index contributed by atoms with van der Waals surface area (Å²) in [5.74, 6) is 0.363. The molecular formula is C17H13BrN6. The molecule has 2 aromatic carbocycles. The van der Waals surface area contributed by atoms with Gasteiger partial charge in [0.2, 0.25) is 0 Å². The van der Waals surface area contributed by atoms with Crippen molar-refractivity contribution in [2.45, 2.75) is 0 Å².